The first-order valence-electron chi connectivity index (χ1n) is 4.07. The van der Waals surface area contributed by atoms with Crippen LogP contribution in [0.4, 0.5) is 0 Å². The minimum atomic E-state index is 0.444. The Morgan fingerprint density at radius 3 is 3.08 bits per heavy atom. The molecular formula is C9H12N2O. The van der Waals surface area contributed by atoms with Gasteiger partial charge in [0.15, 0.2) is 0 Å². The fourth-order valence-corrected chi connectivity index (χ4v) is 1.36. The van der Waals surface area contributed by atoms with Crippen molar-refractivity contribution in [1.82, 2.24) is 10.5 Å². The van der Waals surface area contributed by atoms with E-state index in [4.69, 9.17) is 4.94 Å². The van der Waals surface area contributed by atoms with Crippen LogP contribution in [0, 0.1) is 5.92 Å². The normalized spacial score (nSPS) is 27.2. The van der Waals surface area contributed by atoms with Crippen LogP contribution in [0.1, 0.15) is 6.42 Å². The van der Waals surface area contributed by atoms with Crippen molar-refractivity contribution in [2.45, 2.75) is 6.42 Å². The topological polar surface area (TPSA) is 24.5 Å². The van der Waals surface area contributed by atoms with Crippen LogP contribution in [0.2, 0.25) is 0 Å². The van der Waals surface area contributed by atoms with Gasteiger partial charge < -0.3 is 0 Å². The van der Waals surface area contributed by atoms with Crippen LogP contribution in [0.15, 0.2) is 36.2 Å². The Kier molecular flexibility index (Phi) is 1.87. The van der Waals surface area contributed by atoms with Gasteiger partial charge in [0.05, 0.1) is 11.9 Å². The van der Waals surface area contributed by atoms with E-state index in [-0.39, 0.29) is 0 Å². The quantitative estimate of drug-likeness (QED) is 0.633. The van der Waals surface area contributed by atoms with Gasteiger partial charge in [-0.25, -0.2) is 10.5 Å². The first-order valence-corrected chi connectivity index (χ1v) is 4.07. The van der Waals surface area contributed by atoms with Crippen molar-refractivity contribution in [2.75, 3.05) is 7.05 Å². The predicted molar refractivity (Wildman–Crippen MR) is 46.5 cm³/mol. The molecule has 0 bridgehead atoms. The third kappa shape index (κ3) is 1.36. The summed E-state index contributed by atoms with van der Waals surface area (Å²) in [6.07, 6.45) is 11.5. The second-order valence-electron chi connectivity index (χ2n) is 2.98. The lowest BCUT2D eigenvalue weighted by atomic mass is 9.98. The number of hydrogen-bond donors (Lipinski definition) is 1. The SMILES string of the molecule is CN1C=C(C2C=CC=CC2)NO1. The van der Waals surface area contributed by atoms with Crippen LogP contribution in [0.3, 0.4) is 0 Å². The summed E-state index contributed by atoms with van der Waals surface area (Å²) < 4.78 is 0. The zero-order valence-electron chi connectivity index (χ0n) is 7.03. The molecule has 2 aliphatic rings. The van der Waals surface area contributed by atoms with E-state index in [9.17, 15) is 0 Å². The Labute approximate surface area is 71.9 Å². The first-order chi connectivity index (χ1) is 5.86. The van der Waals surface area contributed by atoms with Crippen molar-refractivity contribution in [3.63, 3.8) is 0 Å². The monoisotopic (exact) mass is 164 g/mol. The highest BCUT2D eigenvalue weighted by Crippen LogP contribution is 2.21. The molecule has 0 saturated carbocycles. The van der Waals surface area contributed by atoms with Gasteiger partial charge in [0, 0.05) is 13.0 Å². The fourth-order valence-electron chi connectivity index (χ4n) is 1.36. The molecule has 1 heterocycles. The number of nitrogens with one attached hydrogen (secondary N) is 1. The maximum Gasteiger partial charge on any atom is 0.0658 e. The van der Waals surface area contributed by atoms with E-state index in [0.717, 1.165) is 12.1 Å². The molecule has 1 aliphatic carbocycles. The molecule has 3 nitrogen and oxygen atoms in total. The van der Waals surface area contributed by atoms with Crippen molar-refractivity contribution < 1.29 is 4.94 Å². The van der Waals surface area contributed by atoms with E-state index in [2.05, 4.69) is 29.8 Å². The second kappa shape index (κ2) is 3.03. The van der Waals surface area contributed by atoms with Gasteiger partial charge in [-0.15, -0.1) is 0 Å². The van der Waals surface area contributed by atoms with Crippen LogP contribution in [-0.2, 0) is 4.94 Å². The lowest BCUT2D eigenvalue weighted by molar-refractivity contribution is -0.127. The highest BCUT2D eigenvalue weighted by Gasteiger charge is 2.17. The van der Waals surface area contributed by atoms with Crippen molar-refractivity contribution in [2.24, 2.45) is 5.92 Å². The molecule has 0 aromatic rings. The van der Waals surface area contributed by atoms with Gasteiger partial charge in [-0.2, -0.15) is 4.94 Å². The van der Waals surface area contributed by atoms with Crippen molar-refractivity contribution in [1.29, 1.82) is 0 Å². The summed E-state index contributed by atoms with van der Waals surface area (Å²) in [5.41, 5.74) is 4.00. The second-order valence-corrected chi connectivity index (χ2v) is 2.98. The summed E-state index contributed by atoms with van der Waals surface area (Å²) >= 11 is 0. The minimum absolute atomic E-state index is 0.444. The number of hydroxylamine groups is 3. The highest BCUT2D eigenvalue weighted by atomic mass is 16.8. The molecule has 1 aliphatic heterocycles. The lowest BCUT2D eigenvalue weighted by Crippen LogP contribution is -2.16. The van der Waals surface area contributed by atoms with Crippen LogP contribution in [0.5, 0.6) is 0 Å². The molecule has 0 saturated heterocycles. The van der Waals surface area contributed by atoms with E-state index in [1.54, 1.807) is 5.06 Å². The van der Waals surface area contributed by atoms with E-state index >= 15 is 0 Å². The Morgan fingerprint density at radius 2 is 2.50 bits per heavy atom. The number of allylic oxidation sites excluding steroid dienone is 4. The number of rotatable bonds is 1. The molecule has 0 aromatic carbocycles. The van der Waals surface area contributed by atoms with E-state index in [1.807, 2.05) is 13.2 Å². The fraction of sp³-hybridized carbons (Fsp3) is 0.333. The molecule has 0 amide bonds. The number of nitrogens with zero attached hydrogens (tertiary/aromatic N) is 1. The molecule has 1 atom stereocenters. The number of hydrogen-bond acceptors (Lipinski definition) is 3. The molecule has 3 heteroatoms. The third-order valence-corrected chi connectivity index (χ3v) is 2.01. The Bertz CT molecular complexity index is 255. The molecular weight excluding hydrogens is 152 g/mol. The van der Waals surface area contributed by atoms with Gasteiger partial charge in [0.1, 0.15) is 0 Å². The average molecular weight is 164 g/mol. The molecule has 1 N–H and O–H groups in total. The average Bonchev–Trinajstić information content (AvgIpc) is 2.54. The Hall–Kier alpha value is -1.22. The van der Waals surface area contributed by atoms with Crippen molar-refractivity contribution in [3.8, 4) is 0 Å². The zero-order valence-corrected chi connectivity index (χ0v) is 7.03. The van der Waals surface area contributed by atoms with Gasteiger partial charge in [-0.1, -0.05) is 24.3 Å². The Balaban J connectivity index is 2.05. The minimum Gasteiger partial charge on any atom is -0.244 e. The summed E-state index contributed by atoms with van der Waals surface area (Å²) in [7, 11) is 1.86. The lowest BCUT2D eigenvalue weighted by Gasteiger charge is -2.12. The summed E-state index contributed by atoms with van der Waals surface area (Å²) in [4.78, 5) is 5.05. The first kappa shape index (κ1) is 7.43. The molecule has 12 heavy (non-hydrogen) atoms. The molecule has 0 fully saturated rings. The summed E-state index contributed by atoms with van der Waals surface area (Å²) in [6.45, 7) is 0. The van der Waals surface area contributed by atoms with Gasteiger partial charge in [-0.3, -0.25) is 0 Å². The highest BCUT2D eigenvalue weighted by molar-refractivity contribution is 5.20. The maximum absolute atomic E-state index is 5.05. The van der Waals surface area contributed by atoms with Crippen LogP contribution in [0.25, 0.3) is 0 Å². The largest absolute Gasteiger partial charge is 0.244 e. The van der Waals surface area contributed by atoms with Gasteiger partial charge in [0.2, 0.25) is 0 Å². The molecule has 64 valence electrons. The molecule has 1 unspecified atom stereocenters. The smallest absolute Gasteiger partial charge is 0.0658 e. The van der Waals surface area contributed by atoms with Crippen LogP contribution >= 0.6 is 0 Å². The van der Waals surface area contributed by atoms with E-state index < -0.39 is 0 Å². The molecule has 0 spiro atoms. The van der Waals surface area contributed by atoms with Crippen molar-refractivity contribution >= 4 is 0 Å². The molecule has 0 aromatic heterocycles. The van der Waals surface area contributed by atoms with Crippen LogP contribution < -0.4 is 5.48 Å². The van der Waals surface area contributed by atoms with Crippen LogP contribution in [-0.4, -0.2) is 12.1 Å². The standard InChI is InChI=1S/C9H12N2O/c1-11-7-9(10-12-11)8-5-3-2-4-6-8/h2-5,7-8,10H,6H2,1H3. The van der Waals surface area contributed by atoms with Crippen molar-refractivity contribution in [3.05, 3.63) is 36.2 Å². The predicted octanol–water partition coefficient (Wildman–Crippen LogP) is 1.34. The summed E-state index contributed by atoms with van der Waals surface area (Å²) in [6, 6.07) is 0. The van der Waals surface area contributed by atoms with Gasteiger partial charge >= 0.3 is 0 Å². The summed E-state index contributed by atoms with van der Waals surface area (Å²) in [5.74, 6) is 0.444. The summed E-state index contributed by atoms with van der Waals surface area (Å²) in [5, 5.41) is 1.67. The van der Waals surface area contributed by atoms with E-state index in [1.165, 1.54) is 0 Å². The third-order valence-electron chi connectivity index (χ3n) is 2.01. The molecule has 0 radical (unpaired) electrons. The van der Waals surface area contributed by atoms with Gasteiger partial charge in [0.25, 0.3) is 0 Å². The van der Waals surface area contributed by atoms with Gasteiger partial charge in [-0.05, 0) is 6.42 Å². The zero-order chi connectivity index (χ0) is 8.39. The maximum atomic E-state index is 5.05. The van der Waals surface area contributed by atoms with E-state index in [0.29, 0.717) is 5.92 Å². The Morgan fingerprint density at radius 1 is 1.58 bits per heavy atom. The molecule has 2 rings (SSSR count).